The number of hydrogen-bond acceptors (Lipinski definition) is 6. The predicted molar refractivity (Wildman–Crippen MR) is 105 cm³/mol. The van der Waals surface area contributed by atoms with E-state index in [0.29, 0.717) is 52.0 Å². The van der Waals surface area contributed by atoms with Crippen LogP contribution in [0.15, 0.2) is 0 Å². The van der Waals surface area contributed by atoms with E-state index >= 15 is 0 Å². The topological polar surface area (TPSA) is 106 Å². The Morgan fingerprint density at radius 3 is 1.68 bits per heavy atom. The summed E-state index contributed by atoms with van der Waals surface area (Å²) in [7, 11) is 0. The van der Waals surface area contributed by atoms with E-state index < -0.39 is 0 Å². The van der Waals surface area contributed by atoms with Crippen LogP contribution in [-0.4, -0.2) is 57.3 Å². The van der Waals surface area contributed by atoms with Crippen molar-refractivity contribution in [3.63, 3.8) is 0 Å². The van der Waals surface area contributed by atoms with Crippen LogP contribution in [0.4, 0.5) is 0 Å². The van der Waals surface area contributed by atoms with Gasteiger partial charge >= 0.3 is 0 Å². The highest BCUT2D eigenvalue weighted by Crippen LogP contribution is 2.38. The Kier molecular flexibility index (Phi) is 11.4. The first kappa shape index (κ1) is 24.8. The molecule has 6 heteroatoms. The molecule has 0 unspecified atom stereocenters. The predicted octanol–water partition coefficient (Wildman–Crippen LogP) is 1.89. The van der Waals surface area contributed by atoms with Gasteiger partial charge in [-0.05, 0) is 46.5 Å². The summed E-state index contributed by atoms with van der Waals surface area (Å²) in [6, 6.07) is 0. The van der Waals surface area contributed by atoms with Crippen molar-refractivity contribution < 1.29 is 14.2 Å². The van der Waals surface area contributed by atoms with E-state index in [1.54, 1.807) is 0 Å². The molecule has 6 nitrogen and oxygen atoms in total. The lowest BCUT2D eigenvalue weighted by atomic mass is 9.74. The summed E-state index contributed by atoms with van der Waals surface area (Å²) in [4.78, 5) is 0. The lowest BCUT2D eigenvalue weighted by Gasteiger charge is -2.41. The Balaban J connectivity index is 5.18. The molecule has 0 fully saturated rings. The minimum absolute atomic E-state index is 0.138. The molecule has 0 aromatic carbocycles. The molecule has 0 amide bonds. The smallest absolute Gasteiger partial charge is 0.0648 e. The lowest BCUT2D eigenvalue weighted by molar-refractivity contribution is -0.107. The molecule has 0 aromatic rings. The lowest BCUT2D eigenvalue weighted by Crippen LogP contribution is -2.46. The van der Waals surface area contributed by atoms with Crippen LogP contribution in [0.5, 0.6) is 0 Å². The molecule has 0 rings (SSSR count). The third-order valence-corrected chi connectivity index (χ3v) is 3.82. The van der Waals surface area contributed by atoms with Crippen molar-refractivity contribution in [2.45, 2.75) is 65.5 Å². The Labute approximate surface area is 155 Å². The Hall–Kier alpha value is -0.240. The third kappa shape index (κ3) is 12.7. The molecule has 6 N–H and O–H groups in total. The SMILES string of the molecule is CC(C)CC(COCCN)(COCCN)CC(C)(C)OCC(C)(C)N. The van der Waals surface area contributed by atoms with Crippen molar-refractivity contribution >= 4 is 0 Å². The van der Waals surface area contributed by atoms with Gasteiger partial charge in [0, 0.05) is 24.0 Å². The van der Waals surface area contributed by atoms with Crippen LogP contribution in [-0.2, 0) is 14.2 Å². The largest absolute Gasteiger partial charge is 0.379 e. The van der Waals surface area contributed by atoms with Gasteiger partial charge in [0.25, 0.3) is 0 Å². The fraction of sp³-hybridized carbons (Fsp3) is 1.00. The fourth-order valence-corrected chi connectivity index (χ4v) is 3.28. The molecule has 0 spiro atoms. The molecule has 0 radical (unpaired) electrons. The molecule has 0 heterocycles. The first-order valence-electron chi connectivity index (χ1n) is 9.44. The van der Waals surface area contributed by atoms with Crippen molar-refractivity contribution in [2.75, 3.05) is 46.1 Å². The van der Waals surface area contributed by atoms with Gasteiger partial charge in [0.15, 0.2) is 0 Å². The molecule has 0 saturated heterocycles. The molecule has 25 heavy (non-hydrogen) atoms. The molecule has 0 aliphatic rings. The minimum atomic E-state index is -0.357. The molecule has 0 aliphatic heterocycles. The highest BCUT2D eigenvalue weighted by molar-refractivity contribution is 4.89. The van der Waals surface area contributed by atoms with Crippen LogP contribution in [0.25, 0.3) is 0 Å². The van der Waals surface area contributed by atoms with Gasteiger partial charge in [-0.2, -0.15) is 0 Å². The molecule has 0 aromatic heterocycles. The monoisotopic (exact) mass is 361 g/mol. The van der Waals surface area contributed by atoms with Crippen LogP contribution in [0.3, 0.4) is 0 Å². The summed E-state index contributed by atoms with van der Waals surface area (Å²) in [6.07, 6.45) is 1.81. The van der Waals surface area contributed by atoms with E-state index in [9.17, 15) is 0 Å². The molecular weight excluding hydrogens is 318 g/mol. The zero-order chi connectivity index (χ0) is 19.6. The molecule has 0 atom stereocenters. The maximum Gasteiger partial charge on any atom is 0.0648 e. The average Bonchev–Trinajstić information content (AvgIpc) is 2.44. The Morgan fingerprint density at radius 2 is 1.32 bits per heavy atom. The van der Waals surface area contributed by atoms with Crippen molar-refractivity contribution in [1.29, 1.82) is 0 Å². The molecule has 0 aliphatic carbocycles. The van der Waals surface area contributed by atoms with Gasteiger partial charge in [0.05, 0.1) is 38.6 Å². The second-order valence-electron chi connectivity index (χ2n) is 8.99. The second-order valence-corrected chi connectivity index (χ2v) is 8.99. The summed E-state index contributed by atoms with van der Waals surface area (Å²) in [5.41, 5.74) is 16.4. The number of hydrogen-bond donors (Lipinski definition) is 3. The van der Waals surface area contributed by atoms with E-state index in [4.69, 9.17) is 31.4 Å². The summed E-state index contributed by atoms with van der Waals surface area (Å²) in [6.45, 7) is 16.4. The second kappa shape index (κ2) is 11.5. The summed E-state index contributed by atoms with van der Waals surface area (Å²) < 4.78 is 17.9. The van der Waals surface area contributed by atoms with Crippen LogP contribution in [0, 0.1) is 11.3 Å². The first-order chi connectivity index (χ1) is 11.5. The Bertz CT molecular complexity index is 331. The van der Waals surface area contributed by atoms with E-state index in [2.05, 4.69) is 27.7 Å². The van der Waals surface area contributed by atoms with Gasteiger partial charge in [0.2, 0.25) is 0 Å². The normalized spacial score (nSPS) is 13.7. The Morgan fingerprint density at radius 1 is 0.840 bits per heavy atom. The molecule has 152 valence electrons. The zero-order valence-electron chi connectivity index (χ0n) is 17.4. The van der Waals surface area contributed by atoms with Crippen LogP contribution in [0.2, 0.25) is 0 Å². The average molecular weight is 362 g/mol. The summed E-state index contributed by atoms with van der Waals surface area (Å²) >= 11 is 0. The van der Waals surface area contributed by atoms with Crippen LogP contribution >= 0.6 is 0 Å². The van der Waals surface area contributed by atoms with E-state index in [1.807, 2.05) is 13.8 Å². The maximum atomic E-state index is 6.16. The van der Waals surface area contributed by atoms with E-state index in [1.165, 1.54) is 0 Å². The van der Waals surface area contributed by atoms with Crippen molar-refractivity contribution in [2.24, 2.45) is 28.5 Å². The number of rotatable bonds is 15. The first-order valence-corrected chi connectivity index (χ1v) is 9.44. The van der Waals surface area contributed by atoms with Gasteiger partial charge in [-0.3, -0.25) is 0 Å². The summed E-state index contributed by atoms with van der Waals surface area (Å²) in [5, 5.41) is 0. The highest BCUT2D eigenvalue weighted by Gasteiger charge is 2.39. The molecular formula is C19H43N3O3. The van der Waals surface area contributed by atoms with Crippen molar-refractivity contribution in [1.82, 2.24) is 0 Å². The standard InChI is InChI=1S/C19H43N3O3/c1-16(2)11-19(14-23-9-7-20,15-24-10-8-21)12-18(5,6)25-13-17(3,4)22/h16H,7-15,20-22H2,1-6H3. The van der Waals surface area contributed by atoms with Gasteiger partial charge in [-0.1, -0.05) is 13.8 Å². The number of nitrogens with two attached hydrogens (primary N) is 3. The van der Waals surface area contributed by atoms with Crippen LogP contribution in [0.1, 0.15) is 54.4 Å². The van der Waals surface area contributed by atoms with Crippen LogP contribution < -0.4 is 17.2 Å². The molecule has 0 bridgehead atoms. The van der Waals surface area contributed by atoms with Gasteiger partial charge in [-0.15, -0.1) is 0 Å². The quantitative estimate of drug-likeness (QED) is 0.385. The highest BCUT2D eigenvalue weighted by atomic mass is 16.5. The maximum absolute atomic E-state index is 6.16. The fourth-order valence-electron chi connectivity index (χ4n) is 3.28. The molecule has 0 saturated carbocycles. The van der Waals surface area contributed by atoms with Gasteiger partial charge < -0.3 is 31.4 Å². The van der Waals surface area contributed by atoms with Gasteiger partial charge in [-0.25, -0.2) is 0 Å². The third-order valence-electron chi connectivity index (χ3n) is 3.82. The number of ether oxygens (including phenoxy) is 3. The summed E-state index contributed by atoms with van der Waals surface area (Å²) in [5.74, 6) is 0.518. The van der Waals surface area contributed by atoms with Crippen molar-refractivity contribution in [3.8, 4) is 0 Å². The minimum Gasteiger partial charge on any atom is -0.379 e. The van der Waals surface area contributed by atoms with E-state index in [0.717, 1.165) is 12.8 Å². The van der Waals surface area contributed by atoms with Gasteiger partial charge in [0.1, 0.15) is 0 Å². The van der Waals surface area contributed by atoms with E-state index in [-0.39, 0.29) is 16.6 Å². The van der Waals surface area contributed by atoms with Crippen molar-refractivity contribution in [3.05, 3.63) is 0 Å². The zero-order valence-corrected chi connectivity index (χ0v) is 17.4.